The van der Waals surface area contributed by atoms with Crippen molar-refractivity contribution in [2.24, 2.45) is 5.73 Å². The van der Waals surface area contributed by atoms with E-state index in [4.69, 9.17) is 17.3 Å². The van der Waals surface area contributed by atoms with Crippen LogP contribution in [-0.2, 0) is 0 Å². The fourth-order valence-corrected chi connectivity index (χ4v) is 2.99. The highest BCUT2D eigenvalue weighted by Gasteiger charge is 2.20. The maximum absolute atomic E-state index is 13.9. The van der Waals surface area contributed by atoms with Crippen LogP contribution < -0.4 is 11.3 Å². The molecule has 0 spiro atoms. The third-order valence-electron chi connectivity index (χ3n) is 4.06. The molecule has 8 heteroatoms. The molecule has 0 aliphatic rings. The molecular weight excluding hydrogens is 367 g/mol. The second-order valence-electron chi connectivity index (χ2n) is 5.80. The molecule has 1 unspecified atom stereocenters. The maximum atomic E-state index is 13.9. The summed E-state index contributed by atoms with van der Waals surface area (Å²) in [5.41, 5.74) is 5.20. The van der Waals surface area contributed by atoms with E-state index in [1.54, 1.807) is 19.1 Å². The van der Waals surface area contributed by atoms with E-state index in [2.05, 4.69) is 4.98 Å². The first kappa shape index (κ1) is 18.4. The fourth-order valence-electron chi connectivity index (χ4n) is 2.74. The number of hydrogen-bond acceptors (Lipinski definition) is 3. The molecule has 0 aliphatic heterocycles. The number of rotatable bonds is 4. The molecule has 0 saturated carbocycles. The van der Waals surface area contributed by atoms with Crippen LogP contribution in [0.25, 0.3) is 16.6 Å². The van der Waals surface area contributed by atoms with E-state index in [-0.39, 0.29) is 21.9 Å². The first-order valence-electron chi connectivity index (χ1n) is 7.89. The summed E-state index contributed by atoms with van der Waals surface area (Å²) in [5.74, 6) is -0.738. The number of nitrogens with zero attached hydrogens (tertiary/aromatic N) is 2. The molecule has 0 saturated heterocycles. The molecule has 136 valence electrons. The van der Waals surface area contributed by atoms with Crippen molar-refractivity contribution in [1.29, 1.82) is 0 Å². The van der Waals surface area contributed by atoms with Gasteiger partial charge in [0.05, 0.1) is 27.7 Å². The van der Waals surface area contributed by atoms with Gasteiger partial charge in [0, 0.05) is 5.56 Å². The Labute approximate surface area is 152 Å². The Morgan fingerprint density at radius 1 is 1.27 bits per heavy atom. The Kier molecular flexibility index (Phi) is 5.02. The summed E-state index contributed by atoms with van der Waals surface area (Å²) in [6, 6.07) is 6.88. The number of alkyl halides is 2. The van der Waals surface area contributed by atoms with Crippen molar-refractivity contribution < 1.29 is 13.2 Å². The van der Waals surface area contributed by atoms with Gasteiger partial charge in [-0.1, -0.05) is 24.6 Å². The summed E-state index contributed by atoms with van der Waals surface area (Å²) in [5, 5.41) is 0.278. The summed E-state index contributed by atoms with van der Waals surface area (Å²) in [7, 11) is 0. The van der Waals surface area contributed by atoms with E-state index in [0.29, 0.717) is 11.9 Å². The minimum Gasteiger partial charge on any atom is -0.321 e. The third kappa shape index (κ3) is 3.20. The molecule has 1 aromatic heterocycles. The number of hydrogen-bond donors (Lipinski definition) is 1. The summed E-state index contributed by atoms with van der Waals surface area (Å²) >= 11 is 6.12. The van der Waals surface area contributed by atoms with Crippen molar-refractivity contribution in [2.45, 2.75) is 25.8 Å². The Balaban J connectivity index is 2.43. The number of benzene rings is 2. The van der Waals surface area contributed by atoms with Gasteiger partial charge in [-0.25, -0.2) is 18.2 Å². The van der Waals surface area contributed by atoms with Crippen LogP contribution in [0.5, 0.6) is 0 Å². The highest BCUT2D eigenvalue weighted by Crippen LogP contribution is 2.26. The van der Waals surface area contributed by atoms with Crippen LogP contribution in [0.4, 0.5) is 13.2 Å². The predicted octanol–water partition coefficient (Wildman–Crippen LogP) is 4.53. The normalized spacial score (nSPS) is 12.7. The van der Waals surface area contributed by atoms with E-state index in [1.165, 1.54) is 6.07 Å². The van der Waals surface area contributed by atoms with Crippen LogP contribution in [0, 0.1) is 5.82 Å². The lowest BCUT2D eigenvalue weighted by Gasteiger charge is -2.18. The minimum atomic E-state index is -2.89. The zero-order chi connectivity index (χ0) is 19.0. The molecule has 0 amide bonds. The minimum absolute atomic E-state index is 0.0708. The van der Waals surface area contributed by atoms with Crippen molar-refractivity contribution in [3.8, 4) is 5.69 Å². The second-order valence-corrected chi connectivity index (χ2v) is 6.21. The van der Waals surface area contributed by atoms with E-state index in [9.17, 15) is 18.0 Å². The van der Waals surface area contributed by atoms with Gasteiger partial charge in [-0.05, 0) is 36.8 Å². The third-order valence-corrected chi connectivity index (χ3v) is 4.37. The van der Waals surface area contributed by atoms with Crippen LogP contribution >= 0.6 is 11.6 Å². The Hall–Kier alpha value is -2.38. The van der Waals surface area contributed by atoms with Crippen molar-refractivity contribution in [1.82, 2.24) is 9.55 Å². The highest BCUT2D eigenvalue weighted by atomic mass is 35.5. The topological polar surface area (TPSA) is 60.9 Å². The summed E-state index contributed by atoms with van der Waals surface area (Å²) in [4.78, 5) is 17.4. The molecule has 1 heterocycles. The molecule has 3 aromatic rings. The van der Waals surface area contributed by atoms with E-state index in [0.717, 1.165) is 22.8 Å². The Bertz CT molecular complexity index is 1040. The lowest BCUT2D eigenvalue weighted by Crippen LogP contribution is -2.28. The smallest absolute Gasteiger partial charge is 0.267 e. The number of aromatic nitrogens is 2. The number of fused-ring (bicyclic) bond motifs is 1. The van der Waals surface area contributed by atoms with Gasteiger partial charge in [0.25, 0.3) is 12.0 Å². The molecule has 1 atom stereocenters. The summed E-state index contributed by atoms with van der Waals surface area (Å²) < 4.78 is 41.1. The van der Waals surface area contributed by atoms with Crippen molar-refractivity contribution >= 4 is 22.5 Å². The summed E-state index contributed by atoms with van der Waals surface area (Å²) in [6.45, 7) is 1.79. The van der Waals surface area contributed by atoms with Gasteiger partial charge in [-0.3, -0.25) is 9.36 Å². The molecule has 0 radical (unpaired) electrons. The van der Waals surface area contributed by atoms with Crippen LogP contribution in [-0.4, -0.2) is 9.55 Å². The Morgan fingerprint density at radius 2 is 2.00 bits per heavy atom. The first-order valence-corrected chi connectivity index (χ1v) is 8.27. The lowest BCUT2D eigenvalue weighted by molar-refractivity contribution is 0.151. The van der Waals surface area contributed by atoms with E-state index in [1.807, 2.05) is 0 Å². The monoisotopic (exact) mass is 381 g/mol. The van der Waals surface area contributed by atoms with Crippen molar-refractivity contribution in [2.75, 3.05) is 0 Å². The van der Waals surface area contributed by atoms with Gasteiger partial charge in [0.1, 0.15) is 11.6 Å². The Morgan fingerprint density at radius 3 is 2.65 bits per heavy atom. The molecule has 3 rings (SSSR count). The second kappa shape index (κ2) is 7.09. The molecule has 0 bridgehead atoms. The largest absolute Gasteiger partial charge is 0.321 e. The molecular formula is C18H15ClF3N3O. The lowest BCUT2D eigenvalue weighted by atomic mass is 10.1. The fraction of sp³-hybridized carbons (Fsp3) is 0.222. The molecule has 2 N–H and O–H groups in total. The molecule has 0 aliphatic carbocycles. The van der Waals surface area contributed by atoms with Gasteiger partial charge < -0.3 is 5.73 Å². The van der Waals surface area contributed by atoms with Crippen LogP contribution in [0.15, 0.2) is 41.2 Å². The van der Waals surface area contributed by atoms with Crippen LogP contribution in [0.2, 0.25) is 5.02 Å². The zero-order valence-corrected chi connectivity index (χ0v) is 14.5. The average molecular weight is 382 g/mol. The maximum Gasteiger partial charge on any atom is 0.267 e. The standard InChI is InChI=1S/C18H15ClF3N3O/c1-2-13(23)17-24-14-5-3-4-12(19)15(14)18(26)25(17)11-7-9(16(21)22)6-10(20)8-11/h3-8,13,16H,2,23H2,1H3. The highest BCUT2D eigenvalue weighted by molar-refractivity contribution is 6.35. The quantitative estimate of drug-likeness (QED) is 0.722. The zero-order valence-electron chi connectivity index (χ0n) is 13.7. The SMILES string of the molecule is CCC(N)c1nc2cccc(Cl)c2c(=O)n1-c1cc(F)cc(C(F)F)c1. The average Bonchev–Trinajstić information content (AvgIpc) is 2.60. The van der Waals surface area contributed by atoms with Gasteiger partial charge in [-0.2, -0.15) is 0 Å². The van der Waals surface area contributed by atoms with Gasteiger partial charge in [0.15, 0.2) is 0 Å². The van der Waals surface area contributed by atoms with Gasteiger partial charge in [0.2, 0.25) is 0 Å². The number of nitrogens with two attached hydrogens (primary N) is 1. The van der Waals surface area contributed by atoms with Crippen LogP contribution in [0.1, 0.15) is 37.2 Å². The van der Waals surface area contributed by atoms with Gasteiger partial charge in [-0.15, -0.1) is 0 Å². The molecule has 26 heavy (non-hydrogen) atoms. The van der Waals surface area contributed by atoms with E-state index < -0.39 is 29.4 Å². The predicted molar refractivity (Wildman–Crippen MR) is 94.5 cm³/mol. The first-order chi connectivity index (χ1) is 12.3. The molecule has 2 aromatic carbocycles. The van der Waals surface area contributed by atoms with Crippen molar-refractivity contribution in [3.63, 3.8) is 0 Å². The van der Waals surface area contributed by atoms with E-state index >= 15 is 0 Å². The summed E-state index contributed by atoms with van der Waals surface area (Å²) in [6.07, 6.45) is -2.45. The van der Waals surface area contributed by atoms with Gasteiger partial charge >= 0.3 is 0 Å². The number of halogens is 4. The molecule has 0 fully saturated rings. The van der Waals surface area contributed by atoms with Crippen molar-refractivity contribution in [3.05, 3.63) is 69.0 Å². The molecule has 4 nitrogen and oxygen atoms in total. The van der Waals surface area contributed by atoms with Crippen LogP contribution in [0.3, 0.4) is 0 Å².